The van der Waals surface area contributed by atoms with Crippen molar-refractivity contribution in [2.24, 2.45) is 0 Å². The van der Waals surface area contributed by atoms with Crippen molar-refractivity contribution in [3.05, 3.63) is 64.3 Å². The third-order valence-corrected chi connectivity index (χ3v) is 5.40. The van der Waals surface area contributed by atoms with Crippen LogP contribution in [0.1, 0.15) is 53.8 Å². The first-order chi connectivity index (χ1) is 12.7. The summed E-state index contributed by atoms with van der Waals surface area (Å²) in [6.45, 7) is 2.93. The Kier molecular flexibility index (Phi) is 4.68. The van der Waals surface area contributed by atoms with Crippen molar-refractivity contribution in [1.82, 2.24) is 15.1 Å². The number of carbonyl (C=O) groups excluding carboxylic acids is 1. The molecule has 26 heavy (non-hydrogen) atoms. The van der Waals surface area contributed by atoms with Crippen LogP contribution in [0.25, 0.3) is 10.9 Å². The van der Waals surface area contributed by atoms with Crippen LogP contribution in [0.2, 0.25) is 5.02 Å². The van der Waals surface area contributed by atoms with Crippen molar-refractivity contribution in [2.75, 3.05) is 6.54 Å². The summed E-state index contributed by atoms with van der Waals surface area (Å²) in [5.74, 6) is 0.0907. The number of H-pyrrole nitrogens is 1. The van der Waals surface area contributed by atoms with Gasteiger partial charge in [-0.05, 0) is 55.2 Å². The van der Waals surface area contributed by atoms with E-state index in [0.29, 0.717) is 0 Å². The van der Waals surface area contributed by atoms with Gasteiger partial charge in [-0.2, -0.15) is 5.10 Å². The first kappa shape index (κ1) is 17.1. The lowest BCUT2D eigenvalue weighted by Gasteiger charge is -2.25. The molecule has 0 spiro atoms. The Morgan fingerprint density at radius 2 is 2.08 bits per heavy atom. The molecule has 1 N–H and O–H groups in total. The van der Waals surface area contributed by atoms with E-state index in [-0.39, 0.29) is 11.9 Å². The summed E-state index contributed by atoms with van der Waals surface area (Å²) >= 11 is 6.01. The van der Waals surface area contributed by atoms with E-state index < -0.39 is 0 Å². The Morgan fingerprint density at radius 1 is 1.27 bits per heavy atom. The molecule has 0 aliphatic carbocycles. The summed E-state index contributed by atoms with van der Waals surface area (Å²) in [5, 5.41) is 9.22. The molecular formula is C21H22ClN3O. The van der Waals surface area contributed by atoms with Crippen molar-refractivity contribution < 1.29 is 4.79 Å². The molecule has 2 aromatic carbocycles. The summed E-state index contributed by atoms with van der Waals surface area (Å²) in [6, 6.07) is 13.8. The maximum absolute atomic E-state index is 13.2. The second-order valence-corrected chi connectivity index (χ2v) is 7.33. The molecule has 1 aliphatic rings. The van der Waals surface area contributed by atoms with E-state index in [1.54, 1.807) is 0 Å². The highest BCUT2D eigenvalue weighted by Crippen LogP contribution is 2.34. The van der Waals surface area contributed by atoms with Crippen LogP contribution in [0.4, 0.5) is 0 Å². The van der Waals surface area contributed by atoms with Gasteiger partial charge in [0.15, 0.2) is 0 Å². The molecule has 2 heterocycles. The van der Waals surface area contributed by atoms with Gasteiger partial charge in [0.25, 0.3) is 5.91 Å². The fourth-order valence-corrected chi connectivity index (χ4v) is 3.97. The average Bonchev–Trinajstić information content (AvgIpc) is 3.29. The van der Waals surface area contributed by atoms with Crippen molar-refractivity contribution in [3.63, 3.8) is 0 Å². The monoisotopic (exact) mass is 367 g/mol. The smallest absolute Gasteiger partial charge is 0.254 e. The van der Waals surface area contributed by atoms with Crippen LogP contribution in [0.3, 0.4) is 0 Å². The Balaban J connectivity index is 1.64. The largest absolute Gasteiger partial charge is 0.332 e. The summed E-state index contributed by atoms with van der Waals surface area (Å²) in [5.41, 5.74) is 3.90. The third kappa shape index (κ3) is 3.10. The predicted molar refractivity (Wildman–Crippen MR) is 105 cm³/mol. The highest BCUT2D eigenvalue weighted by Gasteiger charge is 2.30. The van der Waals surface area contributed by atoms with E-state index in [1.165, 1.54) is 0 Å². The van der Waals surface area contributed by atoms with Gasteiger partial charge in [-0.3, -0.25) is 9.89 Å². The zero-order valence-electron chi connectivity index (χ0n) is 14.8. The minimum absolute atomic E-state index is 0.0907. The van der Waals surface area contributed by atoms with Gasteiger partial charge in [0.05, 0.1) is 11.6 Å². The number of halogens is 1. The second-order valence-electron chi connectivity index (χ2n) is 6.89. The Hall–Kier alpha value is -2.33. The van der Waals surface area contributed by atoms with Crippen molar-refractivity contribution >= 4 is 28.4 Å². The molecule has 1 atom stereocenters. The number of nitrogens with zero attached hydrogens (tertiary/aromatic N) is 2. The Morgan fingerprint density at radius 3 is 2.85 bits per heavy atom. The van der Waals surface area contributed by atoms with Gasteiger partial charge in [0.2, 0.25) is 0 Å². The minimum atomic E-state index is 0.0907. The van der Waals surface area contributed by atoms with Crippen LogP contribution in [-0.4, -0.2) is 27.5 Å². The SMILES string of the molecule is CCCc1[nH]nc2ccc(C(=O)N3CCC[C@@H]3c3ccc(Cl)cc3)cc12. The van der Waals surface area contributed by atoms with Gasteiger partial charge in [-0.1, -0.05) is 37.1 Å². The van der Waals surface area contributed by atoms with E-state index in [0.717, 1.165) is 65.0 Å². The molecule has 0 unspecified atom stereocenters. The zero-order chi connectivity index (χ0) is 18.1. The molecule has 4 rings (SSSR count). The molecule has 0 bridgehead atoms. The van der Waals surface area contributed by atoms with Gasteiger partial charge in [-0.25, -0.2) is 0 Å². The number of aromatic amines is 1. The number of hydrogen-bond acceptors (Lipinski definition) is 2. The maximum atomic E-state index is 13.2. The fraction of sp³-hybridized carbons (Fsp3) is 0.333. The highest BCUT2D eigenvalue weighted by atomic mass is 35.5. The minimum Gasteiger partial charge on any atom is -0.332 e. The van der Waals surface area contributed by atoms with Gasteiger partial charge >= 0.3 is 0 Å². The molecular weight excluding hydrogens is 346 g/mol. The van der Waals surface area contributed by atoms with Crippen LogP contribution in [0.5, 0.6) is 0 Å². The molecule has 3 aromatic rings. The van der Waals surface area contributed by atoms with Gasteiger partial charge in [0, 0.05) is 28.2 Å². The number of fused-ring (bicyclic) bond motifs is 1. The fourth-order valence-electron chi connectivity index (χ4n) is 3.84. The number of nitrogens with one attached hydrogen (secondary N) is 1. The van der Waals surface area contributed by atoms with E-state index in [9.17, 15) is 4.79 Å². The van der Waals surface area contributed by atoms with E-state index in [1.807, 2.05) is 47.4 Å². The lowest BCUT2D eigenvalue weighted by atomic mass is 10.0. The molecule has 1 aromatic heterocycles. The van der Waals surface area contributed by atoms with Gasteiger partial charge in [0.1, 0.15) is 0 Å². The molecule has 1 amide bonds. The standard InChI is InChI=1S/C21H22ClN3O/c1-2-4-18-17-13-15(8-11-19(17)24-23-18)21(26)25-12-3-5-20(25)14-6-9-16(22)10-7-14/h6-11,13,20H,2-5,12H2,1H3,(H,23,24)/t20-/m1/s1. The second kappa shape index (κ2) is 7.12. The lowest BCUT2D eigenvalue weighted by molar-refractivity contribution is 0.0736. The van der Waals surface area contributed by atoms with Crippen LogP contribution in [0.15, 0.2) is 42.5 Å². The van der Waals surface area contributed by atoms with Crippen molar-refractivity contribution in [2.45, 2.75) is 38.6 Å². The Bertz CT molecular complexity index is 932. The first-order valence-corrected chi connectivity index (χ1v) is 9.58. The zero-order valence-corrected chi connectivity index (χ0v) is 15.6. The van der Waals surface area contributed by atoms with Crippen LogP contribution in [0, 0.1) is 0 Å². The Labute approximate surface area is 158 Å². The van der Waals surface area contributed by atoms with E-state index in [4.69, 9.17) is 11.6 Å². The number of rotatable bonds is 4. The van der Waals surface area contributed by atoms with Gasteiger partial charge in [-0.15, -0.1) is 0 Å². The molecule has 1 fully saturated rings. The predicted octanol–water partition coefficient (Wildman–Crippen LogP) is 5.15. The average molecular weight is 368 g/mol. The summed E-state index contributed by atoms with van der Waals surface area (Å²) in [7, 11) is 0. The van der Waals surface area contributed by atoms with Crippen molar-refractivity contribution in [1.29, 1.82) is 0 Å². The van der Waals surface area contributed by atoms with Crippen LogP contribution in [-0.2, 0) is 6.42 Å². The molecule has 4 nitrogen and oxygen atoms in total. The molecule has 0 radical (unpaired) electrons. The number of carbonyl (C=O) groups is 1. The number of likely N-dealkylation sites (tertiary alicyclic amines) is 1. The quantitative estimate of drug-likeness (QED) is 0.693. The number of amides is 1. The van der Waals surface area contributed by atoms with Crippen LogP contribution < -0.4 is 0 Å². The molecule has 0 saturated carbocycles. The van der Waals surface area contributed by atoms with Crippen molar-refractivity contribution in [3.8, 4) is 0 Å². The number of aryl methyl sites for hydroxylation is 1. The molecule has 1 aliphatic heterocycles. The topological polar surface area (TPSA) is 49.0 Å². The number of aromatic nitrogens is 2. The molecule has 1 saturated heterocycles. The highest BCUT2D eigenvalue weighted by molar-refractivity contribution is 6.30. The van der Waals surface area contributed by atoms with E-state index in [2.05, 4.69) is 17.1 Å². The molecule has 5 heteroatoms. The van der Waals surface area contributed by atoms with Crippen LogP contribution >= 0.6 is 11.6 Å². The normalized spacial score (nSPS) is 17.2. The number of benzene rings is 2. The van der Waals surface area contributed by atoms with Gasteiger partial charge < -0.3 is 4.90 Å². The third-order valence-electron chi connectivity index (χ3n) is 5.15. The first-order valence-electron chi connectivity index (χ1n) is 9.21. The number of hydrogen-bond donors (Lipinski definition) is 1. The lowest BCUT2D eigenvalue weighted by Crippen LogP contribution is -2.30. The van der Waals surface area contributed by atoms with E-state index >= 15 is 0 Å². The summed E-state index contributed by atoms with van der Waals surface area (Å²) < 4.78 is 0. The summed E-state index contributed by atoms with van der Waals surface area (Å²) in [4.78, 5) is 15.2. The molecule has 134 valence electrons. The maximum Gasteiger partial charge on any atom is 0.254 e. The summed E-state index contributed by atoms with van der Waals surface area (Å²) in [6.07, 6.45) is 3.99.